The maximum atomic E-state index is 11.1. The molecular weight excluding hydrogens is 494 g/mol. The first-order valence-electron chi connectivity index (χ1n) is 14.6. The summed E-state index contributed by atoms with van der Waals surface area (Å²) in [6.45, 7) is 5.58. The number of piperazine rings is 1. The number of aliphatic hydroxyl groups is 2. The number of rotatable bonds is 8. The van der Waals surface area contributed by atoms with Crippen LogP contribution >= 0.6 is 0 Å². The number of aliphatic hydroxyl groups excluding tert-OH is 2. The minimum atomic E-state index is -0.446. The maximum Gasteiger partial charge on any atom is 0.0845 e. The van der Waals surface area contributed by atoms with Gasteiger partial charge in [-0.3, -0.25) is 9.80 Å². The summed E-state index contributed by atoms with van der Waals surface area (Å²) < 4.78 is 2.27. The summed E-state index contributed by atoms with van der Waals surface area (Å²) in [6.07, 6.45) is -0.0818. The van der Waals surface area contributed by atoms with E-state index in [1.165, 1.54) is 44.1 Å². The lowest BCUT2D eigenvalue weighted by atomic mass is 9.91. The van der Waals surface area contributed by atoms with Gasteiger partial charge in [0.05, 0.1) is 18.8 Å². The molecule has 7 rings (SSSR count). The number of β-amino-alcohol motifs (C(OH)–C–C–N with tert-alkyl or cyclic N) is 2. The average Bonchev–Trinajstić information content (AvgIpc) is 3.47. The summed E-state index contributed by atoms with van der Waals surface area (Å²) in [5, 5.41) is 24.7. The molecule has 1 aliphatic heterocycles. The van der Waals surface area contributed by atoms with E-state index in [4.69, 9.17) is 0 Å². The average molecular weight is 532 g/mol. The maximum absolute atomic E-state index is 11.1. The van der Waals surface area contributed by atoms with Crippen molar-refractivity contribution in [2.75, 3.05) is 39.3 Å². The molecule has 2 heterocycles. The molecule has 0 bridgehead atoms. The Morgan fingerprint density at radius 2 is 1.00 bits per heavy atom. The molecule has 1 saturated heterocycles. The standard InChI is InChI=1S/C35H37N3O2/c39-25(21-33-29-11-3-1-9-27(29)28-10-2-4-12-30(28)33)22-36-17-19-37(20-18-36)23-26(40)24-38-34-15-7-5-13-31(34)32-14-6-8-16-35(32)38/h1-16,25-26,33,39-40H,17-24H2/t25-,26-/m1/s1. The fourth-order valence-corrected chi connectivity index (χ4v) is 7.08. The number of aromatic nitrogens is 1. The van der Waals surface area contributed by atoms with Gasteiger partial charge in [-0.05, 0) is 40.8 Å². The van der Waals surface area contributed by atoms with E-state index in [1.54, 1.807) is 0 Å². The van der Waals surface area contributed by atoms with Gasteiger partial charge >= 0.3 is 0 Å². The summed E-state index contributed by atoms with van der Waals surface area (Å²) in [7, 11) is 0. The molecule has 1 aliphatic carbocycles. The summed E-state index contributed by atoms with van der Waals surface area (Å²) >= 11 is 0. The van der Waals surface area contributed by atoms with Crippen molar-refractivity contribution in [2.24, 2.45) is 0 Å². The topological polar surface area (TPSA) is 51.9 Å². The SMILES string of the molecule is O[C@H](CC1c2ccccc2-c2ccccc21)CN1CCN(C[C@@H](O)Cn2c3ccccc3c3ccccc32)CC1. The lowest BCUT2D eigenvalue weighted by Gasteiger charge is -2.36. The molecule has 2 aliphatic rings. The van der Waals surface area contributed by atoms with Crippen molar-refractivity contribution >= 4 is 21.8 Å². The van der Waals surface area contributed by atoms with Crippen LogP contribution in [0.4, 0.5) is 0 Å². The van der Waals surface area contributed by atoms with E-state index < -0.39 is 6.10 Å². The molecule has 1 fully saturated rings. The summed E-state index contributed by atoms with van der Waals surface area (Å²) in [5.41, 5.74) is 7.64. The molecule has 0 amide bonds. The van der Waals surface area contributed by atoms with Crippen LogP contribution in [0.3, 0.4) is 0 Å². The molecule has 204 valence electrons. The van der Waals surface area contributed by atoms with Gasteiger partial charge in [0, 0.05) is 67.0 Å². The van der Waals surface area contributed by atoms with Gasteiger partial charge in [0.25, 0.3) is 0 Å². The molecule has 5 aromatic rings. The fourth-order valence-electron chi connectivity index (χ4n) is 7.08. The van der Waals surface area contributed by atoms with E-state index in [0.717, 1.165) is 32.6 Å². The Kier molecular flexibility index (Phi) is 6.90. The first kappa shape index (κ1) is 25.5. The quantitative estimate of drug-likeness (QED) is 0.284. The highest BCUT2D eigenvalue weighted by molar-refractivity contribution is 6.07. The molecular formula is C35H37N3O2. The second-order valence-electron chi connectivity index (χ2n) is 11.5. The number of hydrogen-bond donors (Lipinski definition) is 2. The third kappa shape index (κ3) is 4.73. The Bertz CT molecular complexity index is 1540. The van der Waals surface area contributed by atoms with Crippen molar-refractivity contribution in [3.63, 3.8) is 0 Å². The van der Waals surface area contributed by atoms with E-state index in [1.807, 2.05) is 0 Å². The molecule has 0 spiro atoms. The number of hydrogen-bond acceptors (Lipinski definition) is 4. The summed E-state index contributed by atoms with van der Waals surface area (Å²) in [4.78, 5) is 4.75. The molecule has 0 saturated carbocycles. The molecule has 4 aromatic carbocycles. The third-order valence-corrected chi connectivity index (χ3v) is 8.95. The van der Waals surface area contributed by atoms with Gasteiger partial charge < -0.3 is 14.8 Å². The minimum Gasteiger partial charge on any atom is -0.392 e. The Morgan fingerprint density at radius 3 is 1.55 bits per heavy atom. The van der Waals surface area contributed by atoms with E-state index in [9.17, 15) is 10.2 Å². The second kappa shape index (κ2) is 10.8. The molecule has 40 heavy (non-hydrogen) atoms. The highest BCUT2D eigenvalue weighted by Crippen LogP contribution is 2.46. The molecule has 0 radical (unpaired) electrons. The normalized spacial score (nSPS) is 17.8. The lowest BCUT2D eigenvalue weighted by Crippen LogP contribution is -2.50. The molecule has 1 aromatic heterocycles. The summed E-state index contributed by atoms with van der Waals surface area (Å²) in [5.74, 6) is 0.250. The predicted octanol–water partition coefficient (Wildman–Crippen LogP) is 5.34. The molecule has 2 atom stereocenters. The monoisotopic (exact) mass is 531 g/mol. The molecule has 2 N–H and O–H groups in total. The van der Waals surface area contributed by atoms with Gasteiger partial charge in [-0.25, -0.2) is 0 Å². The second-order valence-corrected chi connectivity index (χ2v) is 11.5. The van der Waals surface area contributed by atoms with E-state index in [0.29, 0.717) is 19.6 Å². The largest absolute Gasteiger partial charge is 0.392 e. The molecule has 0 unspecified atom stereocenters. The highest BCUT2D eigenvalue weighted by Gasteiger charge is 2.30. The van der Waals surface area contributed by atoms with E-state index >= 15 is 0 Å². The zero-order valence-electron chi connectivity index (χ0n) is 22.9. The van der Waals surface area contributed by atoms with Gasteiger partial charge in [0.15, 0.2) is 0 Å². The first-order valence-corrected chi connectivity index (χ1v) is 14.6. The molecule has 5 heteroatoms. The predicted molar refractivity (Wildman–Crippen MR) is 163 cm³/mol. The van der Waals surface area contributed by atoms with Crippen LogP contribution in [0.25, 0.3) is 32.9 Å². The first-order chi connectivity index (χ1) is 19.7. The van der Waals surface area contributed by atoms with Gasteiger partial charge in [-0.15, -0.1) is 0 Å². The van der Waals surface area contributed by atoms with Crippen LogP contribution < -0.4 is 0 Å². The van der Waals surface area contributed by atoms with Crippen LogP contribution in [0.1, 0.15) is 23.5 Å². The Labute approximate surface area is 235 Å². The van der Waals surface area contributed by atoms with Crippen LogP contribution in [0, 0.1) is 0 Å². The van der Waals surface area contributed by atoms with Crippen molar-refractivity contribution in [2.45, 2.75) is 31.1 Å². The minimum absolute atomic E-state index is 0.250. The van der Waals surface area contributed by atoms with Crippen molar-refractivity contribution < 1.29 is 10.2 Å². The zero-order valence-corrected chi connectivity index (χ0v) is 22.9. The van der Waals surface area contributed by atoms with Gasteiger partial charge in [-0.2, -0.15) is 0 Å². The third-order valence-electron chi connectivity index (χ3n) is 8.95. The van der Waals surface area contributed by atoms with Gasteiger partial charge in [0.2, 0.25) is 0 Å². The van der Waals surface area contributed by atoms with Crippen molar-refractivity contribution in [1.82, 2.24) is 14.4 Å². The Morgan fingerprint density at radius 1 is 0.550 bits per heavy atom. The van der Waals surface area contributed by atoms with E-state index in [-0.39, 0.29) is 12.0 Å². The number of benzene rings is 4. The van der Waals surface area contributed by atoms with Crippen LogP contribution in [0.2, 0.25) is 0 Å². The molecule has 5 nitrogen and oxygen atoms in total. The lowest BCUT2D eigenvalue weighted by molar-refractivity contribution is 0.0422. The zero-order chi connectivity index (χ0) is 27.1. The smallest absolute Gasteiger partial charge is 0.0845 e. The van der Waals surface area contributed by atoms with Crippen molar-refractivity contribution in [3.8, 4) is 11.1 Å². The van der Waals surface area contributed by atoms with Crippen LogP contribution in [0.5, 0.6) is 0 Å². The van der Waals surface area contributed by atoms with Crippen LogP contribution in [0.15, 0.2) is 97.1 Å². The fraction of sp³-hybridized carbons (Fsp3) is 0.314. The van der Waals surface area contributed by atoms with Gasteiger partial charge in [0.1, 0.15) is 0 Å². The van der Waals surface area contributed by atoms with Crippen LogP contribution in [-0.4, -0.2) is 76.1 Å². The van der Waals surface area contributed by atoms with Crippen molar-refractivity contribution in [1.29, 1.82) is 0 Å². The number of fused-ring (bicyclic) bond motifs is 6. The summed E-state index contributed by atoms with van der Waals surface area (Å²) in [6, 6.07) is 34.2. The number of nitrogens with zero attached hydrogens (tertiary/aromatic N) is 3. The highest BCUT2D eigenvalue weighted by atomic mass is 16.3. The van der Waals surface area contributed by atoms with Crippen LogP contribution in [-0.2, 0) is 6.54 Å². The van der Waals surface area contributed by atoms with Crippen molar-refractivity contribution in [3.05, 3.63) is 108 Å². The Hall–Kier alpha value is -3.48. The van der Waals surface area contributed by atoms with Gasteiger partial charge in [-0.1, -0.05) is 84.9 Å². The van der Waals surface area contributed by atoms with E-state index in [2.05, 4.69) is 111 Å². The Balaban J connectivity index is 0.945. The number of para-hydroxylation sites is 2.